The minimum atomic E-state index is 0.254. The van der Waals surface area contributed by atoms with Crippen LogP contribution in [-0.2, 0) is 13.6 Å². The second-order valence-electron chi connectivity index (χ2n) is 5.27. The maximum atomic E-state index is 10.2. The van der Waals surface area contributed by atoms with Crippen LogP contribution in [0, 0.1) is 6.92 Å². The average molecular weight is 278 g/mol. The summed E-state index contributed by atoms with van der Waals surface area (Å²) >= 11 is 0. The Bertz CT molecular complexity index is 798. The summed E-state index contributed by atoms with van der Waals surface area (Å²) in [5.41, 5.74) is 4.19. The van der Waals surface area contributed by atoms with Crippen LogP contribution in [-0.4, -0.2) is 15.9 Å². The van der Waals surface area contributed by atoms with Crippen LogP contribution in [0.15, 0.2) is 53.5 Å². The van der Waals surface area contributed by atoms with E-state index in [1.165, 1.54) is 5.56 Å². The number of para-hydroxylation sites is 1. The summed E-state index contributed by atoms with van der Waals surface area (Å²) < 4.78 is 1.78. The molecule has 0 radical (unpaired) electrons. The van der Waals surface area contributed by atoms with Gasteiger partial charge in [-0.1, -0.05) is 48.0 Å². The molecule has 0 aliphatic rings. The van der Waals surface area contributed by atoms with E-state index in [2.05, 4.69) is 36.2 Å². The van der Waals surface area contributed by atoms with E-state index < -0.39 is 0 Å². The van der Waals surface area contributed by atoms with Crippen molar-refractivity contribution in [1.82, 2.24) is 4.57 Å². The molecule has 1 aromatic heterocycles. The van der Waals surface area contributed by atoms with Crippen LogP contribution in [0.1, 0.15) is 16.7 Å². The molecule has 0 spiro atoms. The first kappa shape index (κ1) is 13.4. The van der Waals surface area contributed by atoms with E-state index >= 15 is 0 Å². The van der Waals surface area contributed by atoms with E-state index in [0.717, 1.165) is 22.0 Å². The fraction of sp³-hybridized carbons (Fsp3) is 0.167. The van der Waals surface area contributed by atoms with Gasteiger partial charge in [-0.15, -0.1) is 0 Å². The zero-order valence-corrected chi connectivity index (χ0v) is 12.2. The molecule has 0 bridgehead atoms. The van der Waals surface area contributed by atoms with E-state index in [9.17, 15) is 5.11 Å². The smallest absolute Gasteiger partial charge is 0.200 e. The van der Waals surface area contributed by atoms with Gasteiger partial charge in [-0.05, 0) is 18.6 Å². The van der Waals surface area contributed by atoms with Crippen LogP contribution in [0.25, 0.3) is 10.9 Å². The molecule has 0 amide bonds. The summed E-state index contributed by atoms with van der Waals surface area (Å²) in [6.45, 7) is 2.68. The molecule has 1 heterocycles. The van der Waals surface area contributed by atoms with E-state index in [0.29, 0.717) is 6.54 Å². The maximum Gasteiger partial charge on any atom is 0.200 e. The maximum absolute atomic E-state index is 10.2. The molecule has 3 nitrogen and oxygen atoms in total. The summed E-state index contributed by atoms with van der Waals surface area (Å²) in [6, 6.07) is 16.3. The van der Waals surface area contributed by atoms with Crippen molar-refractivity contribution < 1.29 is 5.11 Å². The van der Waals surface area contributed by atoms with Crippen molar-refractivity contribution in [2.75, 3.05) is 0 Å². The summed E-state index contributed by atoms with van der Waals surface area (Å²) in [5.74, 6) is 0.254. The molecule has 2 aromatic carbocycles. The third kappa shape index (κ3) is 2.55. The van der Waals surface area contributed by atoms with Gasteiger partial charge >= 0.3 is 0 Å². The third-order valence-corrected chi connectivity index (χ3v) is 3.73. The van der Waals surface area contributed by atoms with Crippen LogP contribution < -0.4 is 0 Å². The molecule has 0 aliphatic heterocycles. The lowest BCUT2D eigenvalue weighted by Crippen LogP contribution is -1.87. The highest BCUT2D eigenvalue weighted by atomic mass is 16.3. The fourth-order valence-corrected chi connectivity index (χ4v) is 2.47. The van der Waals surface area contributed by atoms with Gasteiger partial charge in [0.25, 0.3) is 0 Å². The Balaban J connectivity index is 1.89. The number of aliphatic imine (C=N–C) groups is 1. The Kier molecular flexibility index (Phi) is 3.48. The second kappa shape index (κ2) is 5.44. The van der Waals surface area contributed by atoms with Crippen molar-refractivity contribution in [3.05, 3.63) is 65.2 Å². The topological polar surface area (TPSA) is 37.5 Å². The zero-order valence-electron chi connectivity index (χ0n) is 12.2. The second-order valence-corrected chi connectivity index (χ2v) is 5.27. The van der Waals surface area contributed by atoms with Crippen molar-refractivity contribution in [3.8, 4) is 5.88 Å². The van der Waals surface area contributed by atoms with Crippen LogP contribution in [0.3, 0.4) is 0 Å². The number of aromatic hydroxyl groups is 1. The number of fused-ring (bicyclic) bond motifs is 1. The molecule has 0 aliphatic carbocycles. The highest BCUT2D eigenvalue weighted by Crippen LogP contribution is 2.28. The lowest BCUT2D eigenvalue weighted by atomic mass is 10.1. The van der Waals surface area contributed by atoms with Crippen LogP contribution in [0.4, 0.5) is 0 Å². The number of hydrogen-bond donors (Lipinski definition) is 1. The number of hydrogen-bond acceptors (Lipinski definition) is 2. The van der Waals surface area contributed by atoms with Gasteiger partial charge in [0.2, 0.25) is 5.88 Å². The van der Waals surface area contributed by atoms with Crippen molar-refractivity contribution in [2.45, 2.75) is 13.5 Å². The van der Waals surface area contributed by atoms with Gasteiger partial charge in [-0.25, -0.2) is 0 Å². The molecule has 3 aromatic rings. The molecule has 0 fully saturated rings. The summed E-state index contributed by atoms with van der Waals surface area (Å²) in [5, 5.41) is 11.2. The molecule has 3 heteroatoms. The molecule has 21 heavy (non-hydrogen) atoms. The standard InChI is InChI=1S/C18H18N2O/c1-13-7-9-14(10-8-13)11-19-12-16-15-5-3-4-6-17(15)20(2)18(16)21/h3-10,12,21H,11H2,1-2H3. The minimum absolute atomic E-state index is 0.254. The summed E-state index contributed by atoms with van der Waals surface area (Å²) in [4.78, 5) is 4.47. The molecular weight excluding hydrogens is 260 g/mol. The number of aryl methyl sites for hydroxylation is 2. The van der Waals surface area contributed by atoms with E-state index in [1.54, 1.807) is 10.8 Å². The SMILES string of the molecule is Cc1ccc(CN=Cc2c(O)n(C)c3ccccc23)cc1. The number of rotatable bonds is 3. The van der Waals surface area contributed by atoms with Crippen molar-refractivity contribution in [1.29, 1.82) is 0 Å². The lowest BCUT2D eigenvalue weighted by molar-refractivity contribution is 0.434. The van der Waals surface area contributed by atoms with Crippen molar-refractivity contribution in [2.24, 2.45) is 12.0 Å². The summed E-state index contributed by atoms with van der Waals surface area (Å²) in [6.07, 6.45) is 1.76. The minimum Gasteiger partial charge on any atom is -0.494 e. The Morgan fingerprint density at radius 1 is 1.10 bits per heavy atom. The third-order valence-electron chi connectivity index (χ3n) is 3.73. The molecule has 0 saturated heterocycles. The first-order valence-corrected chi connectivity index (χ1v) is 6.98. The van der Waals surface area contributed by atoms with Gasteiger partial charge in [0.15, 0.2) is 0 Å². The van der Waals surface area contributed by atoms with Gasteiger partial charge in [-0.2, -0.15) is 0 Å². The highest BCUT2D eigenvalue weighted by molar-refractivity contribution is 6.02. The van der Waals surface area contributed by atoms with Crippen LogP contribution >= 0.6 is 0 Å². The Labute approximate surface area is 124 Å². The zero-order chi connectivity index (χ0) is 14.8. The van der Waals surface area contributed by atoms with E-state index in [-0.39, 0.29) is 5.88 Å². The molecular formula is C18H18N2O. The molecule has 1 N–H and O–H groups in total. The Morgan fingerprint density at radius 2 is 1.81 bits per heavy atom. The first-order chi connectivity index (χ1) is 10.2. The normalized spacial score (nSPS) is 11.5. The lowest BCUT2D eigenvalue weighted by Gasteiger charge is -1.98. The van der Waals surface area contributed by atoms with Gasteiger partial charge in [0.05, 0.1) is 17.6 Å². The molecule has 0 saturated carbocycles. The van der Waals surface area contributed by atoms with E-state index in [4.69, 9.17) is 0 Å². The predicted molar refractivity (Wildman–Crippen MR) is 87.1 cm³/mol. The Morgan fingerprint density at radius 3 is 2.57 bits per heavy atom. The summed E-state index contributed by atoms with van der Waals surface area (Å²) in [7, 11) is 1.86. The highest BCUT2D eigenvalue weighted by Gasteiger charge is 2.11. The van der Waals surface area contributed by atoms with Crippen LogP contribution in [0.2, 0.25) is 0 Å². The Hall–Kier alpha value is -2.55. The number of nitrogens with zero attached hydrogens (tertiary/aromatic N) is 2. The molecule has 0 atom stereocenters. The first-order valence-electron chi connectivity index (χ1n) is 6.98. The molecule has 106 valence electrons. The average Bonchev–Trinajstić information content (AvgIpc) is 2.75. The van der Waals surface area contributed by atoms with E-state index in [1.807, 2.05) is 31.3 Å². The predicted octanol–water partition coefficient (Wildman–Crippen LogP) is 3.81. The number of benzene rings is 2. The van der Waals surface area contributed by atoms with Gasteiger partial charge in [0, 0.05) is 18.6 Å². The molecule has 3 rings (SSSR count). The van der Waals surface area contributed by atoms with Crippen molar-refractivity contribution in [3.63, 3.8) is 0 Å². The fourth-order valence-electron chi connectivity index (χ4n) is 2.47. The largest absolute Gasteiger partial charge is 0.494 e. The number of aromatic nitrogens is 1. The molecule has 0 unspecified atom stereocenters. The van der Waals surface area contributed by atoms with Gasteiger partial charge in [0.1, 0.15) is 0 Å². The quantitative estimate of drug-likeness (QED) is 0.727. The van der Waals surface area contributed by atoms with Gasteiger partial charge in [-0.3, -0.25) is 4.99 Å². The van der Waals surface area contributed by atoms with Crippen molar-refractivity contribution >= 4 is 17.1 Å². The van der Waals surface area contributed by atoms with Crippen LogP contribution in [0.5, 0.6) is 5.88 Å². The monoisotopic (exact) mass is 278 g/mol. The van der Waals surface area contributed by atoms with Gasteiger partial charge < -0.3 is 9.67 Å².